The molecular weight excluding hydrogens is 349 g/mol. The van der Waals surface area contributed by atoms with E-state index in [1.807, 2.05) is 0 Å². The molecule has 2 fully saturated rings. The summed E-state index contributed by atoms with van der Waals surface area (Å²) in [6.45, 7) is 3.20. The molecule has 0 aromatic heterocycles. The van der Waals surface area contributed by atoms with Gasteiger partial charge in [0.05, 0.1) is 25.4 Å². The van der Waals surface area contributed by atoms with Gasteiger partial charge in [-0.15, -0.1) is 12.4 Å². The second-order valence-electron chi connectivity index (χ2n) is 6.57. The highest BCUT2D eigenvalue weighted by Crippen LogP contribution is 2.37. The maximum atomic E-state index is 13.7. The van der Waals surface area contributed by atoms with Crippen molar-refractivity contribution in [3.8, 4) is 5.75 Å². The molecule has 3 rings (SSSR count). The summed E-state index contributed by atoms with van der Waals surface area (Å²) in [4.78, 5) is 0. The van der Waals surface area contributed by atoms with Crippen LogP contribution in [0.25, 0.3) is 0 Å². The molecule has 0 amide bonds. The van der Waals surface area contributed by atoms with Crippen LogP contribution in [-0.4, -0.2) is 56.8 Å². The van der Waals surface area contributed by atoms with Crippen molar-refractivity contribution in [2.24, 2.45) is 5.92 Å². The lowest BCUT2D eigenvalue weighted by molar-refractivity contribution is -0.163. The number of aliphatic hydroxyl groups is 1. The standard InChI is InChI=1S/C18H26FNO4.ClH/c1-22-16-3-2-15(19)10-13(16)11-18(21,14-4-7-23-8-5-14)17-12-20-6-9-24-17;/h2-3,10,14,17,20-21H,4-9,11-12H2,1H3;1H/t17?,18-;/m0./s1. The number of hydrogen-bond donors (Lipinski definition) is 2. The Kier molecular flexibility index (Phi) is 7.46. The van der Waals surface area contributed by atoms with Crippen LogP contribution in [0.4, 0.5) is 4.39 Å². The first-order chi connectivity index (χ1) is 11.6. The molecule has 2 heterocycles. The Morgan fingerprint density at radius 2 is 2.08 bits per heavy atom. The maximum absolute atomic E-state index is 13.7. The molecule has 0 saturated carbocycles. The molecule has 0 bridgehead atoms. The van der Waals surface area contributed by atoms with Crippen LogP contribution in [-0.2, 0) is 15.9 Å². The van der Waals surface area contributed by atoms with Crippen molar-refractivity contribution in [1.82, 2.24) is 5.32 Å². The zero-order chi connectivity index (χ0) is 17.0. The summed E-state index contributed by atoms with van der Waals surface area (Å²) in [6.07, 6.45) is 1.51. The smallest absolute Gasteiger partial charge is 0.123 e. The van der Waals surface area contributed by atoms with E-state index >= 15 is 0 Å². The van der Waals surface area contributed by atoms with Gasteiger partial charge in [-0.2, -0.15) is 0 Å². The van der Waals surface area contributed by atoms with Crippen LogP contribution in [0.15, 0.2) is 18.2 Å². The third kappa shape index (κ3) is 4.63. The van der Waals surface area contributed by atoms with E-state index in [2.05, 4.69) is 5.32 Å². The number of methoxy groups -OCH3 is 1. The minimum absolute atomic E-state index is 0. The van der Waals surface area contributed by atoms with E-state index in [0.29, 0.717) is 44.1 Å². The number of ether oxygens (including phenoxy) is 3. The number of morpholine rings is 1. The molecule has 1 aromatic rings. The second-order valence-corrected chi connectivity index (χ2v) is 6.57. The van der Waals surface area contributed by atoms with Gasteiger partial charge in [-0.1, -0.05) is 0 Å². The van der Waals surface area contributed by atoms with E-state index in [-0.39, 0.29) is 30.2 Å². The predicted molar refractivity (Wildman–Crippen MR) is 95.0 cm³/mol. The Hall–Kier alpha value is -0.920. The van der Waals surface area contributed by atoms with Gasteiger partial charge in [0.1, 0.15) is 11.6 Å². The lowest BCUT2D eigenvalue weighted by atomic mass is 9.74. The number of rotatable bonds is 5. The lowest BCUT2D eigenvalue weighted by Gasteiger charge is -2.45. The van der Waals surface area contributed by atoms with Crippen molar-refractivity contribution in [1.29, 1.82) is 0 Å². The number of halogens is 2. The third-order valence-electron chi connectivity index (χ3n) is 5.13. The van der Waals surface area contributed by atoms with Gasteiger partial charge >= 0.3 is 0 Å². The zero-order valence-electron chi connectivity index (χ0n) is 14.5. The molecule has 0 aliphatic carbocycles. The molecule has 2 aliphatic heterocycles. The number of benzene rings is 1. The molecule has 0 radical (unpaired) electrons. The topological polar surface area (TPSA) is 60.0 Å². The summed E-state index contributed by atoms with van der Waals surface area (Å²) < 4.78 is 30.4. The van der Waals surface area contributed by atoms with E-state index in [4.69, 9.17) is 14.2 Å². The van der Waals surface area contributed by atoms with Crippen molar-refractivity contribution in [3.63, 3.8) is 0 Å². The Bertz CT molecular complexity index is 530. The van der Waals surface area contributed by atoms with E-state index in [1.54, 1.807) is 13.2 Å². The minimum atomic E-state index is -1.09. The summed E-state index contributed by atoms with van der Waals surface area (Å²) in [6, 6.07) is 4.42. The van der Waals surface area contributed by atoms with Crippen LogP contribution >= 0.6 is 12.4 Å². The molecule has 25 heavy (non-hydrogen) atoms. The fourth-order valence-electron chi connectivity index (χ4n) is 3.80. The van der Waals surface area contributed by atoms with Crippen LogP contribution in [0.5, 0.6) is 5.75 Å². The van der Waals surface area contributed by atoms with Gasteiger partial charge in [0, 0.05) is 32.7 Å². The van der Waals surface area contributed by atoms with Crippen LogP contribution < -0.4 is 10.1 Å². The summed E-state index contributed by atoms with van der Waals surface area (Å²) >= 11 is 0. The molecule has 7 heteroatoms. The summed E-state index contributed by atoms with van der Waals surface area (Å²) in [5.41, 5.74) is -0.418. The molecule has 2 N–H and O–H groups in total. The first-order valence-electron chi connectivity index (χ1n) is 8.58. The Morgan fingerprint density at radius 1 is 1.32 bits per heavy atom. The fraction of sp³-hybridized carbons (Fsp3) is 0.667. The molecular formula is C18H27ClFNO4. The predicted octanol–water partition coefficient (Wildman–Crippen LogP) is 1.94. The van der Waals surface area contributed by atoms with Gasteiger partial charge in [-0.25, -0.2) is 4.39 Å². The van der Waals surface area contributed by atoms with Crippen molar-refractivity contribution >= 4 is 12.4 Å². The largest absolute Gasteiger partial charge is 0.496 e. The van der Waals surface area contributed by atoms with Gasteiger partial charge in [0.25, 0.3) is 0 Å². The monoisotopic (exact) mass is 375 g/mol. The molecule has 1 aromatic carbocycles. The van der Waals surface area contributed by atoms with E-state index in [9.17, 15) is 9.50 Å². The van der Waals surface area contributed by atoms with Crippen LogP contribution in [0, 0.1) is 11.7 Å². The van der Waals surface area contributed by atoms with Crippen molar-refractivity contribution in [3.05, 3.63) is 29.6 Å². The molecule has 2 atom stereocenters. The normalized spacial score (nSPS) is 24.2. The van der Waals surface area contributed by atoms with Gasteiger partial charge < -0.3 is 24.6 Å². The van der Waals surface area contributed by atoms with Crippen molar-refractivity contribution in [2.75, 3.05) is 40.0 Å². The van der Waals surface area contributed by atoms with Gasteiger partial charge in [0.2, 0.25) is 0 Å². The SMILES string of the molecule is COc1ccc(F)cc1C[C@](O)(C1CCOCC1)C1CNCCO1.Cl. The highest BCUT2D eigenvalue weighted by Gasteiger charge is 2.46. The maximum Gasteiger partial charge on any atom is 0.123 e. The molecule has 2 saturated heterocycles. The van der Waals surface area contributed by atoms with Gasteiger partial charge in [-0.05, 0) is 42.5 Å². The van der Waals surface area contributed by atoms with E-state index in [0.717, 1.165) is 19.4 Å². The highest BCUT2D eigenvalue weighted by molar-refractivity contribution is 5.85. The number of hydrogen-bond acceptors (Lipinski definition) is 5. The minimum Gasteiger partial charge on any atom is -0.496 e. The number of nitrogens with one attached hydrogen (secondary N) is 1. The highest BCUT2D eigenvalue weighted by atomic mass is 35.5. The first kappa shape index (κ1) is 20.4. The average Bonchev–Trinajstić information content (AvgIpc) is 2.63. The third-order valence-corrected chi connectivity index (χ3v) is 5.13. The first-order valence-corrected chi connectivity index (χ1v) is 8.58. The van der Waals surface area contributed by atoms with Crippen LogP contribution in [0.2, 0.25) is 0 Å². The molecule has 142 valence electrons. The van der Waals surface area contributed by atoms with Crippen LogP contribution in [0.3, 0.4) is 0 Å². The Balaban J connectivity index is 0.00000225. The van der Waals surface area contributed by atoms with Crippen LogP contribution in [0.1, 0.15) is 18.4 Å². The quantitative estimate of drug-likeness (QED) is 0.823. The van der Waals surface area contributed by atoms with E-state index in [1.165, 1.54) is 12.1 Å². The lowest BCUT2D eigenvalue weighted by Crippen LogP contribution is -2.59. The molecule has 2 aliphatic rings. The van der Waals surface area contributed by atoms with Crippen molar-refractivity contribution < 1.29 is 23.7 Å². The second kappa shape index (κ2) is 9.14. The van der Waals surface area contributed by atoms with Crippen molar-refractivity contribution in [2.45, 2.75) is 31.0 Å². The fourth-order valence-corrected chi connectivity index (χ4v) is 3.80. The zero-order valence-corrected chi connectivity index (χ0v) is 15.3. The molecule has 5 nitrogen and oxygen atoms in total. The molecule has 1 unspecified atom stereocenters. The average molecular weight is 376 g/mol. The molecule has 0 spiro atoms. The van der Waals surface area contributed by atoms with Gasteiger partial charge in [0.15, 0.2) is 0 Å². The van der Waals surface area contributed by atoms with E-state index < -0.39 is 5.60 Å². The Morgan fingerprint density at radius 3 is 2.72 bits per heavy atom. The Labute approximate surface area is 154 Å². The summed E-state index contributed by atoms with van der Waals surface area (Å²) in [5.74, 6) is 0.303. The van der Waals surface area contributed by atoms with Gasteiger partial charge in [-0.3, -0.25) is 0 Å². The summed E-state index contributed by atoms with van der Waals surface area (Å²) in [5, 5.41) is 14.9. The summed E-state index contributed by atoms with van der Waals surface area (Å²) in [7, 11) is 1.56.